The fraction of sp³-hybridized carbons (Fsp3) is 1.00. The van der Waals surface area contributed by atoms with E-state index in [1.807, 2.05) is 0 Å². The number of hydrogen-bond acceptors (Lipinski definition) is 3. The van der Waals surface area contributed by atoms with E-state index in [1.165, 1.54) is 0 Å². The molecule has 0 spiro atoms. The highest BCUT2D eigenvalue weighted by atomic mass is 19.1. The van der Waals surface area contributed by atoms with E-state index in [0.717, 1.165) is 0 Å². The van der Waals surface area contributed by atoms with Crippen LogP contribution in [-0.4, -0.2) is 40.8 Å². The molecular weight excluding hydrogens is 115 g/mol. The van der Waals surface area contributed by atoms with Crippen molar-refractivity contribution in [2.24, 2.45) is 0 Å². The Hall–Kier alpha value is -0.190. The average molecular weight is 124 g/mol. The van der Waals surface area contributed by atoms with E-state index in [2.05, 4.69) is 0 Å². The van der Waals surface area contributed by atoms with E-state index in [1.54, 1.807) is 0 Å². The van der Waals surface area contributed by atoms with Crippen molar-refractivity contribution in [3.05, 3.63) is 0 Å². The highest BCUT2D eigenvalue weighted by molar-refractivity contribution is 4.74. The largest absolute Gasteiger partial charge is 0.393 e. The van der Waals surface area contributed by atoms with Gasteiger partial charge >= 0.3 is 0 Å². The molecule has 0 amide bonds. The summed E-state index contributed by atoms with van der Waals surface area (Å²) in [5, 5.41) is 24.3. The number of aliphatic hydroxyl groups is 3. The Bertz CT molecular complexity index is 54.0. The van der Waals surface area contributed by atoms with Gasteiger partial charge in [-0.2, -0.15) is 0 Å². The van der Waals surface area contributed by atoms with Gasteiger partial charge < -0.3 is 15.3 Å². The molecule has 3 N–H and O–H groups in total. The Labute approximate surface area is 46.4 Å². The molecule has 0 fully saturated rings. The van der Waals surface area contributed by atoms with Gasteiger partial charge in [-0.1, -0.05) is 0 Å². The number of hydrogen-bond donors (Lipinski definition) is 3. The monoisotopic (exact) mass is 124 g/mol. The first-order valence-corrected chi connectivity index (χ1v) is 2.20. The van der Waals surface area contributed by atoms with Gasteiger partial charge in [0.25, 0.3) is 0 Å². The second-order valence-electron chi connectivity index (χ2n) is 1.63. The van der Waals surface area contributed by atoms with Crippen LogP contribution in [0.2, 0.25) is 0 Å². The van der Waals surface area contributed by atoms with Crippen molar-refractivity contribution >= 4 is 0 Å². The van der Waals surface area contributed by atoms with Gasteiger partial charge in [-0.05, 0) is 0 Å². The van der Waals surface area contributed by atoms with Crippen LogP contribution in [0.4, 0.5) is 4.39 Å². The highest BCUT2D eigenvalue weighted by Gasteiger charge is 2.26. The molecule has 0 unspecified atom stereocenters. The van der Waals surface area contributed by atoms with Gasteiger partial charge in [0.15, 0.2) is 5.67 Å². The van der Waals surface area contributed by atoms with E-state index in [-0.39, 0.29) is 0 Å². The van der Waals surface area contributed by atoms with Crippen LogP contribution in [0.25, 0.3) is 0 Å². The van der Waals surface area contributed by atoms with Gasteiger partial charge in [0.2, 0.25) is 0 Å². The van der Waals surface area contributed by atoms with E-state index in [4.69, 9.17) is 15.3 Å². The van der Waals surface area contributed by atoms with Crippen LogP contribution in [0, 0.1) is 0 Å². The summed E-state index contributed by atoms with van der Waals surface area (Å²) in [5.74, 6) is 0. The Kier molecular flexibility index (Phi) is 2.89. The summed E-state index contributed by atoms with van der Waals surface area (Å²) in [5.41, 5.74) is -2.21. The summed E-state index contributed by atoms with van der Waals surface area (Å²) in [6.07, 6.45) is 0. The van der Waals surface area contributed by atoms with Gasteiger partial charge in [-0.15, -0.1) is 0 Å². The maximum absolute atomic E-state index is 12.2. The van der Waals surface area contributed by atoms with Crippen molar-refractivity contribution in [1.82, 2.24) is 0 Å². The summed E-state index contributed by atoms with van der Waals surface area (Å²) >= 11 is 0. The molecule has 8 heavy (non-hydrogen) atoms. The van der Waals surface area contributed by atoms with Crippen LogP contribution >= 0.6 is 0 Å². The molecule has 0 saturated carbocycles. The van der Waals surface area contributed by atoms with E-state index >= 15 is 0 Å². The van der Waals surface area contributed by atoms with Crippen LogP contribution in [0.3, 0.4) is 0 Å². The zero-order chi connectivity index (χ0) is 6.62. The topological polar surface area (TPSA) is 60.7 Å². The molecule has 50 valence electrons. The second-order valence-corrected chi connectivity index (χ2v) is 1.63. The fourth-order valence-electron chi connectivity index (χ4n) is 0.150. The third-order valence-corrected chi connectivity index (χ3v) is 0.850. The fourth-order valence-corrected chi connectivity index (χ4v) is 0.150. The van der Waals surface area contributed by atoms with E-state index in [0.29, 0.717) is 0 Å². The highest BCUT2D eigenvalue weighted by Crippen LogP contribution is 2.05. The molecule has 3 nitrogen and oxygen atoms in total. The first-order chi connectivity index (χ1) is 3.68. The lowest BCUT2D eigenvalue weighted by atomic mass is 10.1. The molecule has 0 aliphatic heterocycles. The van der Waals surface area contributed by atoms with Gasteiger partial charge in [0.05, 0.1) is 19.8 Å². The Balaban J connectivity index is 3.58. The van der Waals surface area contributed by atoms with Crippen LogP contribution in [-0.2, 0) is 0 Å². The first-order valence-electron chi connectivity index (χ1n) is 2.20. The summed E-state index contributed by atoms with van der Waals surface area (Å²) in [7, 11) is 0. The van der Waals surface area contributed by atoms with E-state index < -0.39 is 25.5 Å². The lowest BCUT2D eigenvalue weighted by Gasteiger charge is -2.15. The van der Waals surface area contributed by atoms with Crippen molar-refractivity contribution in [2.45, 2.75) is 5.67 Å². The smallest absolute Gasteiger partial charge is 0.179 e. The number of rotatable bonds is 3. The summed E-state index contributed by atoms with van der Waals surface area (Å²) in [4.78, 5) is 0. The van der Waals surface area contributed by atoms with Gasteiger partial charge in [-0.25, -0.2) is 4.39 Å². The van der Waals surface area contributed by atoms with Crippen molar-refractivity contribution in [3.8, 4) is 0 Å². The minimum atomic E-state index is -2.21. The predicted molar refractivity (Wildman–Crippen MR) is 25.1 cm³/mol. The molecule has 4 heteroatoms. The molecule has 0 aliphatic rings. The van der Waals surface area contributed by atoms with Gasteiger partial charge in [-0.3, -0.25) is 0 Å². The SMILES string of the molecule is OCC(F)(CO)CO. The predicted octanol–water partition coefficient (Wildman–Crippen LogP) is -1.33. The molecule has 0 rings (SSSR count). The van der Waals surface area contributed by atoms with Crippen molar-refractivity contribution in [2.75, 3.05) is 19.8 Å². The quantitative estimate of drug-likeness (QED) is 0.437. The van der Waals surface area contributed by atoms with E-state index in [9.17, 15) is 4.39 Å². The second kappa shape index (κ2) is 2.96. The lowest BCUT2D eigenvalue weighted by Crippen LogP contribution is -2.36. The average Bonchev–Trinajstić information content (AvgIpc) is 1.87. The molecule has 0 aromatic rings. The minimum Gasteiger partial charge on any atom is -0.393 e. The van der Waals surface area contributed by atoms with Crippen LogP contribution in [0.5, 0.6) is 0 Å². The minimum absolute atomic E-state index is 0.847. The number of aliphatic hydroxyl groups excluding tert-OH is 3. The maximum atomic E-state index is 12.2. The van der Waals surface area contributed by atoms with Crippen LogP contribution < -0.4 is 0 Å². The molecule has 0 heterocycles. The Morgan fingerprint density at radius 3 is 1.25 bits per heavy atom. The molecule has 0 bridgehead atoms. The van der Waals surface area contributed by atoms with Crippen molar-refractivity contribution in [3.63, 3.8) is 0 Å². The third kappa shape index (κ3) is 1.73. The molecule has 0 atom stereocenters. The molecule has 0 saturated heterocycles. The molecular formula is C4H9FO3. The normalized spacial score (nSPS) is 12.0. The summed E-state index contributed by atoms with van der Waals surface area (Å²) < 4.78 is 12.2. The van der Waals surface area contributed by atoms with Crippen LogP contribution in [0.1, 0.15) is 0 Å². The summed E-state index contributed by atoms with van der Waals surface area (Å²) in [6, 6.07) is 0. The standard InChI is InChI=1S/C4H9FO3/c5-4(1-6,2-7)3-8/h6-8H,1-3H2. The third-order valence-electron chi connectivity index (χ3n) is 0.850. The number of alkyl halides is 1. The first kappa shape index (κ1) is 7.81. The van der Waals surface area contributed by atoms with Crippen molar-refractivity contribution in [1.29, 1.82) is 0 Å². The lowest BCUT2D eigenvalue weighted by molar-refractivity contribution is -0.0245. The zero-order valence-electron chi connectivity index (χ0n) is 4.34. The zero-order valence-corrected chi connectivity index (χ0v) is 4.34. The van der Waals surface area contributed by atoms with Gasteiger partial charge in [0, 0.05) is 0 Å². The Morgan fingerprint density at radius 2 is 1.25 bits per heavy atom. The number of halogens is 1. The molecule has 0 aromatic carbocycles. The molecule has 0 radical (unpaired) electrons. The molecule has 0 aliphatic carbocycles. The van der Waals surface area contributed by atoms with Crippen LogP contribution in [0.15, 0.2) is 0 Å². The Morgan fingerprint density at radius 1 is 1.00 bits per heavy atom. The van der Waals surface area contributed by atoms with Gasteiger partial charge in [0.1, 0.15) is 0 Å². The maximum Gasteiger partial charge on any atom is 0.179 e. The summed E-state index contributed by atoms with van der Waals surface area (Å²) in [6.45, 7) is -2.54. The molecule has 0 aromatic heterocycles. The van der Waals surface area contributed by atoms with Crippen molar-refractivity contribution < 1.29 is 19.7 Å².